The Hall–Kier alpha value is -1.95. The first kappa shape index (κ1) is 20.8. The Morgan fingerprint density at radius 3 is 2.57 bits per heavy atom. The van der Waals surface area contributed by atoms with Crippen LogP contribution in [0.3, 0.4) is 0 Å². The van der Waals surface area contributed by atoms with Crippen molar-refractivity contribution in [3.05, 3.63) is 30.1 Å². The summed E-state index contributed by atoms with van der Waals surface area (Å²) in [6, 6.07) is 3.97. The van der Waals surface area contributed by atoms with Crippen molar-refractivity contribution in [1.29, 1.82) is 0 Å². The second-order valence-corrected chi connectivity index (χ2v) is 8.13. The van der Waals surface area contributed by atoms with E-state index in [1.54, 1.807) is 12.4 Å². The van der Waals surface area contributed by atoms with Crippen LogP contribution in [0, 0.1) is 5.92 Å². The number of hydrogen-bond acceptors (Lipinski definition) is 4. The highest BCUT2D eigenvalue weighted by Crippen LogP contribution is 2.47. The molecule has 1 aromatic rings. The summed E-state index contributed by atoms with van der Waals surface area (Å²) in [5, 5.41) is 6.38. The molecule has 1 heterocycles. The monoisotopic (exact) mass is 387 g/mol. The highest BCUT2D eigenvalue weighted by Gasteiger charge is 2.45. The second-order valence-electron chi connectivity index (χ2n) is 8.13. The van der Waals surface area contributed by atoms with Gasteiger partial charge in [0.2, 0.25) is 11.8 Å². The van der Waals surface area contributed by atoms with Gasteiger partial charge in [0.25, 0.3) is 0 Å². The molecule has 0 aliphatic heterocycles. The van der Waals surface area contributed by atoms with Gasteiger partial charge < -0.3 is 15.4 Å². The molecule has 2 amide bonds. The number of nitrogens with zero attached hydrogens (tertiary/aromatic N) is 1. The Labute approximate surface area is 167 Å². The van der Waals surface area contributed by atoms with E-state index >= 15 is 0 Å². The average molecular weight is 388 g/mol. The Morgan fingerprint density at radius 2 is 1.93 bits per heavy atom. The Bertz CT molecular complexity index is 658. The molecule has 2 aliphatic rings. The molecule has 2 fully saturated rings. The fraction of sp³-hybridized carbons (Fsp3) is 0.682. The highest BCUT2D eigenvalue weighted by molar-refractivity contribution is 5.84. The van der Waals surface area contributed by atoms with Gasteiger partial charge in [-0.25, -0.2) is 0 Å². The van der Waals surface area contributed by atoms with Gasteiger partial charge in [-0.15, -0.1) is 0 Å². The van der Waals surface area contributed by atoms with Gasteiger partial charge in [0.05, 0.1) is 5.54 Å². The molecule has 6 heteroatoms. The summed E-state index contributed by atoms with van der Waals surface area (Å²) in [5.74, 6) is 0.368. The first-order valence-electron chi connectivity index (χ1n) is 10.7. The lowest BCUT2D eigenvalue weighted by molar-refractivity contribution is -0.135. The van der Waals surface area contributed by atoms with Gasteiger partial charge in [0.1, 0.15) is 6.10 Å². The smallest absolute Gasteiger partial charge is 0.249 e. The molecule has 2 aliphatic carbocycles. The molecule has 3 rings (SSSR count). The number of carbonyl (C=O) groups is 2. The Morgan fingerprint density at radius 1 is 1.21 bits per heavy atom. The molecule has 154 valence electrons. The number of rotatable bonds is 9. The summed E-state index contributed by atoms with van der Waals surface area (Å²) < 4.78 is 5.57. The largest absolute Gasteiger partial charge is 0.369 e. The predicted octanol–water partition coefficient (Wildman–Crippen LogP) is 2.94. The van der Waals surface area contributed by atoms with Crippen molar-refractivity contribution in [2.24, 2.45) is 5.92 Å². The van der Waals surface area contributed by atoms with Crippen molar-refractivity contribution in [2.45, 2.75) is 76.4 Å². The minimum absolute atomic E-state index is 0.0329. The lowest BCUT2D eigenvalue weighted by Gasteiger charge is -2.39. The van der Waals surface area contributed by atoms with Crippen LogP contribution in [0.25, 0.3) is 0 Å². The lowest BCUT2D eigenvalue weighted by atomic mass is 9.81. The van der Waals surface area contributed by atoms with Gasteiger partial charge in [0, 0.05) is 31.5 Å². The third-order valence-corrected chi connectivity index (χ3v) is 6.09. The Balaban J connectivity index is 1.57. The van der Waals surface area contributed by atoms with E-state index < -0.39 is 6.10 Å². The number of ether oxygens (including phenoxy) is 1. The number of carbonyl (C=O) groups excluding carboxylic acids is 2. The summed E-state index contributed by atoms with van der Waals surface area (Å²) in [6.07, 6.45) is 9.81. The first-order chi connectivity index (χ1) is 13.6. The number of aromatic nitrogens is 1. The van der Waals surface area contributed by atoms with Crippen LogP contribution >= 0.6 is 0 Å². The number of amides is 2. The SMILES string of the molecule is CCOC(CC)C(=O)NC1(CNC(=O)[C@@H]2C[C@H]2c2ccncc2)CCCCC1. The molecular formula is C22H33N3O3. The molecule has 3 atom stereocenters. The van der Waals surface area contributed by atoms with Crippen LogP contribution in [0.15, 0.2) is 24.5 Å². The van der Waals surface area contributed by atoms with E-state index in [1.807, 2.05) is 26.0 Å². The first-order valence-corrected chi connectivity index (χ1v) is 10.7. The minimum atomic E-state index is -0.418. The summed E-state index contributed by atoms with van der Waals surface area (Å²) in [6.45, 7) is 4.89. The minimum Gasteiger partial charge on any atom is -0.369 e. The second kappa shape index (κ2) is 9.50. The molecule has 0 bridgehead atoms. The zero-order valence-corrected chi connectivity index (χ0v) is 17.1. The van der Waals surface area contributed by atoms with E-state index in [-0.39, 0.29) is 23.3 Å². The summed E-state index contributed by atoms with van der Waals surface area (Å²) >= 11 is 0. The van der Waals surface area contributed by atoms with Gasteiger partial charge in [0.15, 0.2) is 0 Å². The lowest BCUT2D eigenvalue weighted by Crippen LogP contribution is -2.58. The van der Waals surface area contributed by atoms with Gasteiger partial charge in [-0.3, -0.25) is 14.6 Å². The third kappa shape index (κ3) is 5.10. The summed E-state index contributed by atoms with van der Waals surface area (Å²) in [5.41, 5.74) is 0.828. The van der Waals surface area contributed by atoms with Crippen LogP contribution in [0.1, 0.15) is 70.3 Å². The molecule has 28 heavy (non-hydrogen) atoms. The molecular weight excluding hydrogens is 354 g/mol. The van der Waals surface area contributed by atoms with Gasteiger partial charge in [-0.05, 0) is 56.2 Å². The van der Waals surface area contributed by atoms with Crippen molar-refractivity contribution >= 4 is 11.8 Å². The van der Waals surface area contributed by atoms with Gasteiger partial charge in [-0.2, -0.15) is 0 Å². The Kier molecular flexibility index (Phi) is 7.05. The summed E-state index contributed by atoms with van der Waals surface area (Å²) in [4.78, 5) is 29.4. The standard InChI is InChI=1S/C22H33N3O3/c1-3-19(28-4-2)21(27)25-22(10-6-5-7-11-22)15-24-20(26)18-14-17(18)16-8-12-23-13-9-16/h8-9,12-13,17-19H,3-7,10-11,14-15H2,1-2H3,(H,24,26)(H,25,27)/t17-,18+,19?/m0/s1. The molecule has 6 nitrogen and oxygen atoms in total. The average Bonchev–Trinajstić information content (AvgIpc) is 3.52. The zero-order valence-electron chi connectivity index (χ0n) is 17.1. The highest BCUT2D eigenvalue weighted by atomic mass is 16.5. The van der Waals surface area contributed by atoms with Crippen LogP contribution in [0.4, 0.5) is 0 Å². The van der Waals surface area contributed by atoms with Crippen molar-refractivity contribution in [3.63, 3.8) is 0 Å². The molecule has 0 radical (unpaired) electrons. The van der Waals surface area contributed by atoms with E-state index in [0.29, 0.717) is 25.5 Å². The quantitative estimate of drug-likeness (QED) is 0.683. The van der Waals surface area contributed by atoms with Crippen molar-refractivity contribution in [3.8, 4) is 0 Å². The molecule has 0 spiro atoms. The normalized spacial score (nSPS) is 24.2. The van der Waals surface area contributed by atoms with Crippen molar-refractivity contribution < 1.29 is 14.3 Å². The van der Waals surface area contributed by atoms with E-state index in [4.69, 9.17) is 4.74 Å². The van der Waals surface area contributed by atoms with E-state index in [2.05, 4.69) is 15.6 Å². The summed E-state index contributed by atoms with van der Waals surface area (Å²) in [7, 11) is 0. The maximum atomic E-state index is 12.7. The molecule has 1 unspecified atom stereocenters. The number of hydrogen-bond donors (Lipinski definition) is 2. The van der Waals surface area contributed by atoms with Gasteiger partial charge >= 0.3 is 0 Å². The third-order valence-electron chi connectivity index (χ3n) is 6.09. The van der Waals surface area contributed by atoms with Crippen LogP contribution < -0.4 is 10.6 Å². The van der Waals surface area contributed by atoms with Crippen LogP contribution in [0.2, 0.25) is 0 Å². The number of nitrogens with one attached hydrogen (secondary N) is 2. The van der Waals surface area contributed by atoms with Gasteiger partial charge in [-0.1, -0.05) is 26.2 Å². The van der Waals surface area contributed by atoms with Crippen LogP contribution in [-0.2, 0) is 14.3 Å². The van der Waals surface area contributed by atoms with Crippen LogP contribution in [-0.4, -0.2) is 41.6 Å². The fourth-order valence-electron chi connectivity index (χ4n) is 4.35. The van der Waals surface area contributed by atoms with E-state index in [1.165, 1.54) is 12.0 Å². The fourth-order valence-corrected chi connectivity index (χ4v) is 4.35. The maximum absolute atomic E-state index is 12.7. The van der Waals surface area contributed by atoms with E-state index in [9.17, 15) is 9.59 Å². The topological polar surface area (TPSA) is 80.3 Å². The molecule has 2 N–H and O–H groups in total. The van der Waals surface area contributed by atoms with Crippen LogP contribution in [0.5, 0.6) is 0 Å². The molecule has 0 saturated heterocycles. The molecule has 0 aromatic carbocycles. The van der Waals surface area contributed by atoms with E-state index in [0.717, 1.165) is 32.1 Å². The maximum Gasteiger partial charge on any atom is 0.249 e. The predicted molar refractivity (Wildman–Crippen MR) is 108 cm³/mol. The van der Waals surface area contributed by atoms with Crippen molar-refractivity contribution in [1.82, 2.24) is 15.6 Å². The zero-order chi connectivity index (χ0) is 20.0. The number of pyridine rings is 1. The molecule has 1 aromatic heterocycles. The van der Waals surface area contributed by atoms with Crippen molar-refractivity contribution in [2.75, 3.05) is 13.2 Å². The molecule has 2 saturated carbocycles.